The van der Waals surface area contributed by atoms with E-state index >= 15 is 0 Å². The van der Waals surface area contributed by atoms with Gasteiger partial charge in [-0.15, -0.1) is 0 Å². The Bertz CT molecular complexity index is 536. The van der Waals surface area contributed by atoms with Crippen molar-refractivity contribution in [3.63, 3.8) is 0 Å². The largest absolute Gasteiger partial charge is 0.478 e. The highest BCUT2D eigenvalue weighted by Crippen LogP contribution is 2.28. The lowest BCUT2D eigenvalue weighted by atomic mass is 10.1. The average Bonchev–Trinajstić information content (AvgIpc) is 2.48. The monoisotopic (exact) mass is 276 g/mol. The van der Waals surface area contributed by atoms with Gasteiger partial charge in [-0.3, -0.25) is 4.79 Å². The van der Waals surface area contributed by atoms with Crippen LogP contribution in [-0.2, 0) is 9.53 Å². The maximum Gasteiger partial charge on any atom is 0.335 e. The van der Waals surface area contributed by atoms with Crippen molar-refractivity contribution in [1.29, 1.82) is 0 Å². The van der Waals surface area contributed by atoms with Gasteiger partial charge in [0.1, 0.15) is 0 Å². The van der Waals surface area contributed by atoms with Crippen LogP contribution in [0.1, 0.15) is 10.4 Å². The number of nitrogens with one attached hydrogen (secondary N) is 1. The van der Waals surface area contributed by atoms with Crippen molar-refractivity contribution in [2.45, 2.75) is 0 Å². The van der Waals surface area contributed by atoms with Gasteiger partial charge in [-0.2, -0.15) is 0 Å². The van der Waals surface area contributed by atoms with E-state index in [0.717, 1.165) is 0 Å². The molecule has 1 heterocycles. The Kier molecular flexibility index (Phi) is 4.37. The van der Waals surface area contributed by atoms with Crippen LogP contribution in [0.5, 0.6) is 0 Å². The number of benzene rings is 1. The zero-order chi connectivity index (χ0) is 14.5. The fourth-order valence-corrected chi connectivity index (χ4v) is 2.02. The molecular weight excluding hydrogens is 260 g/mol. The Morgan fingerprint density at radius 1 is 1.35 bits per heavy atom. The highest BCUT2D eigenvalue weighted by Gasteiger charge is 2.17. The molecule has 0 aromatic heterocycles. The highest BCUT2D eigenvalue weighted by atomic mass is 16.5. The second kappa shape index (κ2) is 6.21. The van der Waals surface area contributed by atoms with Crippen molar-refractivity contribution in [2.75, 3.05) is 36.5 Å². The molecule has 2 rings (SSSR count). The van der Waals surface area contributed by atoms with Crippen LogP contribution < -0.4 is 10.2 Å². The molecule has 1 aliphatic rings. The summed E-state index contributed by atoms with van der Waals surface area (Å²) < 4.78 is 5.28. The molecule has 20 heavy (non-hydrogen) atoms. The maximum absolute atomic E-state index is 11.4. The Balaban J connectivity index is 2.36. The summed E-state index contributed by atoms with van der Waals surface area (Å²) in [5, 5.41) is 11.8. The number of nitrogens with zero attached hydrogens (tertiary/aromatic N) is 1. The summed E-state index contributed by atoms with van der Waals surface area (Å²) in [6.07, 6.45) is 1.17. The number of carboxylic acids is 1. The molecule has 1 saturated heterocycles. The number of morpholine rings is 1. The SMILES string of the molecule is C=CC(=O)Nc1ccc(C(=O)O)cc1N1CCOCC1. The Morgan fingerprint density at radius 2 is 2.05 bits per heavy atom. The van der Waals surface area contributed by atoms with E-state index in [4.69, 9.17) is 9.84 Å². The van der Waals surface area contributed by atoms with Crippen LogP contribution in [0, 0.1) is 0 Å². The van der Waals surface area contributed by atoms with Gasteiger partial charge in [-0.1, -0.05) is 6.58 Å². The molecule has 0 aliphatic carbocycles. The van der Waals surface area contributed by atoms with E-state index in [-0.39, 0.29) is 11.5 Å². The van der Waals surface area contributed by atoms with Crippen molar-refractivity contribution in [3.8, 4) is 0 Å². The number of carbonyl (C=O) groups excluding carboxylic acids is 1. The number of aromatic carboxylic acids is 1. The molecule has 1 amide bonds. The van der Waals surface area contributed by atoms with Crippen LogP contribution in [0.2, 0.25) is 0 Å². The van der Waals surface area contributed by atoms with Gasteiger partial charge < -0.3 is 20.1 Å². The molecule has 6 heteroatoms. The molecule has 1 aliphatic heterocycles. The zero-order valence-corrected chi connectivity index (χ0v) is 11.0. The van der Waals surface area contributed by atoms with Gasteiger partial charge in [-0.05, 0) is 24.3 Å². The van der Waals surface area contributed by atoms with Crippen molar-refractivity contribution < 1.29 is 19.4 Å². The highest BCUT2D eigenvalue weighted by molar-refractivity contribution is 6.02. The average molecular weight is 276 g/mol. The van der Waals surface area contributed by atoms with Crippen LogP contribution in [0.25, 0.3) is 0 Å². The first-order valence-electron chi connectivity index (χ1n) is 6.25. The number of hydrogen-bond acceptors (Lipinski definition) is 4. The van der Waals surface area contributed by atoms with Gasteiger partial charge in [0.2, 0.25) is 5.91 Å². The first-order chi connectivity index (χ1) is 9.61. The summed E-state index contributed by atoms with van der Waals surface area (Å²) in [4.78, 5) is 24.5. The quantitative estimate of drug-likeness (QED) is 0.811. The minimum absolute atomic E-state index is 0.183. The summed E-state index contributed by atoms with van der Waals surface area (Å²) in [5.74, 6) is -1.33. The van der Waals surface area contributed by atoms with Crippen molar-refractivity contribution in [3.05, 3.63) is 36.4 Å². The molecule has 1 aromatic carbocycles. The van der Waals surface area contributed by atoms with Gasteiger partial charge in [-0.25, -0.2) is 4.79 Å². The minimum atomic E-state index is -0.999. The first-order valence-corrected chi connectivity index (χ1v) is 6.25. The second-order valence-corrected chi connectivity index (χ2v) is 4.33. The van der Waals surface area contributed by atoms with Crippen LogP contribution in [0.15, 0.2) is 30.9 Å². The number of anilines is 2. The summed E-state index contributed by atoms with van der Waals surface area (Å²) in [6, 6.07) is 4.62. The zero-order valence-electron chi connectivity index (χ0n) is 11.0. The van der Waals surface area contributed by atoms with Gasteiger partial charge in [0.15, 0.2) is 0 Å². The van der Waals surface area contributed by atoms with Gasteiger partial charge in [0.05, 0.1) is 30.2 Å². The third kappa shape index (κ3) is 3.16. The van der Waals surface area contributed by atoms with E-state index in [0.29, 0.717) is 37.7 Å². The number of hydrogen-bond donors (Lipinski definition) is 2. The minimum Gasteiger partial charge on any atom is -0.478 e. The lowest BCUT2D eigenvalue weighted by Crippen LogP contribution is -2.36. The molecule has 1 fully saturated rings. The molecule has 6 nitrogen and oxygen atoms in total. The topological polar surface area (TPSA) is 78.9 Å². The summed E-state index contributed by atoms with van der Waals surface area (Å²) in [6.45, 7) is 5.86. The molecular formula is C14H16N2O4. The van der Waals surface area contributed by atoms with E-state index < -0.39 is 5.97 Å². The third-order valence-electron chi connectivity index (χ3n) is 3.04. The van der Waals surface area contributed by atoms with Crippen LogP contribution in [0.3, 0.4) is 0 Å². The van der Waals surface area contributed by atoms with Crippen molar-refractivity contribution in [1.82, 2.24) is 0 Å². The lowest BCUT2D eigenvalue weighted by molar-refractivity contribution is -0.111. The molecule has 0 unspecified atom stereocenters. The van der Waals surface area contributed by atoms with Gasteiger partial charge >= 0.3 is 5.97 Å². The number of amides is 1. The molecule has 0 atom stereocenters. The molecule has 106 valence electrons. The molecule has 0 spiro atoms. The number of carboxylic acid groups (broad SMARTS) is 1. The van der Waals surface area contributed by atoms with E-state index in [1.54, 1.807) is 12.1 Å². The van der Waals surface area contributed by atoms with Crippen LogP contribution in [0.4, 0.5) is 11.4 Å². The number of rotatable bonds is 4. The Labute approximate surface area is 116 Å². The van der Waals surface area contributed by atoms with E-state index in [2.05, 4.69) is 11.9 Å². The molecule has 1 aromatic rings. The molecule has 0 radical (unpaired) electrons. The lowest BCUT2D eigenvalue weighted by Gasteiger charge is -2.30. The first kappa shape index (κ1) is 14.1. The second-order valence-electron chi connectivity index (χ2n) is 4.33. The predicted octanol–water partition coefficient (Wildman–Crippen LogP) is 1.35. The fourth-order valence-electron chi connectivity index (χ4n) is 2.02. The predicted molar refractivity (Wildman–Crippen MR) is 75.3 cm³/mol. The smallest absolute Gasteiger partial charge is 0.335 e. The van der Waals surface area contributed by atoms with Crippen molar-refractivity contribution in [2.24, 2.45) is 0 Å². The molecule has 0 saturated carbocycles. The standard InChI is InChI=1S/C14H16N2O4/c1-2-13(17)15-11-4-3-10(14(18)19)9-12(11)16-5-7-20-8-6-16/h2-4,9H,1,5-8H2,(H,15,17)(H,18,19). The van der Waals surface area contributed by atoms with Gasteiger partial charge in [0.25, 0.3) is 0 Å². The summed E-state index contributed by atoms with van der Waals surface area (Å²) >= 11 is 0. The molecule has 2 N–H and O–H groups in total. The van der Waals surface area contributed by atoms with Crippen LogP contribution >= 0.6 is 0 Å². The summed E-state index contributed by atoms with van der Waals surface area (Å²) in [7, 11) is 0. The number of ether oxygens (including phenoxy) is 1. The van der Waals surface area contributed by atoms with E-state index in [1.807, 2.05) is 4.90 Å². The number of carbonyl (C=O) groups is 2. The molecule has 0 bridgehead atoms. The Hall–Kier alpha value is -2.34. The maximum atomic E-state index is 11.4. The van der Waals surface area contributed by atoms with E-state index in [9.17, 15) is 9.59 Å². The van der Waals surface area contributed by atoms with Gasteiger partial charge in [0, 0.05) is 13.1 Å². The van der Waals surface area contributed by atoms with Crippen molar-refractivity contribution >= 4 is 23.3 Å². The fraction of sp³-hybridized carbons (Fsp3) is 0.286. The van der Waals surface area contributed by atoms with Crippen LogP contribution in [-0.4, -0.2) is 43.3 Å². The third-order valence-corrected chi connectivity index (χ3v) is 3.04. The van der Waals surface area contributed by atoms with E-state index in [1.165, 1.54) is 12.1 Å². The summed E-state index contributed by atoms with van der Waals surface area (Å²) in [5.41, 5.74) is 1.44. The normalized spacial score (nSPS) is 14.7. The Morgan fingerprint density at radius 3 is 2.65 bits per heavy atom.